The Labute approximate surface area is 133 Å². The molecule has 1 atom stereocenters. The minimum atomic E-state index is 0.0791. The monoisotopic (exact) mass is 305 g/mol. The highest BCUT2D eigenvalue weighted by Gasteiger charge is 2.24. The first-order valence-electron chi connectivity index (χ1n) is 7.34. The molecule has 1 N–H and O–H groups in total. The van der Waals surface area contributed by atoms with Crippen molar-refractivity contribution in [1.82, 2.24) is 0 Å². The molecule has 1 heterocycles. The van der Waals surface area contributed by atoms with Crippen LogP contribution >= 0.6 is 11.8 Å². The number of carbonyl (C=O) groups excluding carboxylic acids is 1. The number of hydrogen-bond acceptors (Lipinski definition) is 2. The van der Waals surface area contributed by atoms with E-state index in [2.05, 4.69) is 47.8 Å². The first-order chi connectivity index (χ1) is 10.8. The first-order valence-corrected chi connectivity index (χ1v) is 8.22. The van der Waals surface area contributed by atoms with E-state index in [1.165, 1.54) is 16.3 Å². The molecule has 1 aliphatic rings. The summed E-state index contributed by atoms with van der Waals surface area (Å²) in [6, 6.07) is 22.7. The van der Waals surface area contributed by atoms with Crippen molar-refractivity contribution < 1.29 is 4.79 Å². The molecule has 4 rings (SSSR count). The van der Waals surface area contributed by atoms with Gasteiger partial charge >= 0.3 is 0 Å². The third kappa shape index (κ3) is 2.38. The normalized spacial score (nSPS) is 17.6. The molecule has 0 aromatic heterocycles. The predicted octanol–water partition coefficient (Wildman–Crippen LogP) is 5.02. The number of thioether (sulfide) groups is 1. The maximum absolute atomic E-state index is 12.2. The lowest BCUT2D eigenvalue weighted by molar-refractivity contribution is -0.116. The zero-order valence-electron chi connectivity index (χ0n) is 12.0. The van der Waals surface area contributed by atoms with Crippen LogP contribution in [0.3, 0.4) is 0 Å². The number of carbonyl (C=O) groups is 1. The van der Waals surface area contributed by atoms with Crippen molar-refractivity contribution in [2.75, 3.05) is 5.32 Å². The van der Waals surface area contributed by atoms with Gasteiger partial charge in [0.1, 0.15) is 0 Å². The van der Waals surface area contributed by atoms with E-state index < -0.39 is 0 Å². The molecule has 3 aromatic rings. The second kappa shape index (κ2) is 5.50. The van der Waals surface area contributed by atoms with Crippen molar-refractivity contribution in [1.29, 1.82) is 0 Å². The van der Waals surface area contributed by atoms with Crippen molar-refractivity contribution in [2.24, 2.45) is 0 Å². The van der Waals surface area contributed by atoms with E-state index in [-0.39, 0.29) is 11.2 Å². The minimum Gasteiger partial charge on any atom is -0.325 e. The Hall–Kier alpha value is -2.26. The van der Waals surface area contributed by atoms with Gasteiger partial charge in [-0.05, 0) is 28.5 Å². The molecular formula is C19H15NOS. The van der Waals surface area contributed by atoms with E-state index >= 15 is 0 Å². The van der Waals surface area contributed by atoms with Crippen molar-refractivity contribution in [3.63, 3.8) is 0 Å². The summed E-state index contributed by atoms with van der Waals surface area (Å²) < 4.78 is 0. The van der Waals surface area contributed by atoms with E-state index in [0.29, 0.717) is 6.42 Å². The molecule has 0 spiro atoms. The van der Waals surface area contributed by atoms with Crippen LogP contribution in [0.15, 0.2) is 71.6 Å². The lowest BCUT2D eigenvalue weighted by Gasteiger charge is -2.16. The highest BCUT2D eigenvalue weighted by Crippen LogP contribution is 2.45. The Morgan fingerprint density at radius 3 is 2.64 bits per heavy atom. The maximum atomic E-state index is 12.2. The number of benzene rings is 3. The SMILES string of the molecule is O=C1C[C@H](c2cccc3ccccc23)Sc2ccccc2N1. The molecule has 0 fully saturated rings. The van der Waals surface area contributed by atoms with E-state index in [4.69, 9.17) is 0 Å². The lowest BCUT2D eigenvalue weighted by Crippen LogP contribution is -2.12. The Bertz CT molecular complexity index is 853. The smallest absolute Gasteiger partial charge is 0.225 e. The zero-order chi connectivity index (χ0) is 14.9. The molecule has 2 nitrogen and oxygen atoms in total. The molecule has 108 valence electrons. The second-order valence-electron chi connectivity index (χ2n) is 5.42. The fourth-order valence-electron chi connectivity index (χ4n) is 2.94. The van der Waals surface area contributed by atoms with Crippen LogP contribution < -0.4 is 5.32 Å². The summed E-state index contributed by atoms with van der Waals surface area (Å²) in [6.07, 6.45) is 0.493. The highest BCUT2D eigenvalue weighted by molar-refractivity contribution is 7.99. The second-order valence-corrected chi connectivity index (χ2v) is 6.67. The zero-order valence-corrected chi connectivity index (χ0v) is 12.8. The molecule has 0 unspecified atom stereocenters. The molecule has 3 heteroatoms. The fourth-order valence-corrected chi connectivity index (χ4v) is 4.22. The highest BCUT2D eigenvalue weighted by atomic mass is 32.2. The Morgan fingerprint density at radius 1 is 0.909 bits per heavy atom. The molecule has 0 radical (unpaired) electrons. The van der Waals surface area contributed by atoms with Crippen LogP contribution in [0.2, 0.25) is 0 Å². The van der Waals surface area contributed by atoms with Crippen molar-refractivity contribution in [3.8, 4) is 0 Å². The molecule has 1 amide bonds. The van der Waals surface area contributed by atoms with E-state index in [9.17, 15) is 4.79 Å². The van der Waals surface area contributed by atoms with Gasteiger partial charge in [0, 0.05) is 16.6 Å². The maximum Gasteiger partial charge on any atom is 0.225 e. The van der Waals surface area contributed by atoms with Gasteiger partial charge in [0.05, 0.1) is 5.69 Å². The van der Waals surface area contributed by atoms with Gasteiger partial charge in [0.2, 0.25) is 5.91 Å². The topological polar surface area (TPSA) is 29.1 Å². The average Bonchev–Trinajstić information content (AvgIpc) is 2.72. The number of para-hydroxylation sites is 1. The summed E-state index contributed by atoms with van der Waals surface area (Å²) in [7, 11) is 0. The Morgan fingerprint density at radius 2 is 1.68 bits per heavy atom. The number of amides is 1. The number of anilines is 1. The van der Waals surface area contributed by atoms with Gasteiger partial charge in [-0.15, -0.1) is 11.8 Å². The van der Waals surface area contributed by atoms with Crippen molar-refractivity contribution >= 4 is 34.1 Å². The molecule has 0 saturated carbocycles. The van der Waals surface area contributed by atoms with Gasteiger partial charge in [0.25, 0.3) is 0 Å². The predicted molar refractivity (Wildman–Crippen MR) is 92.2 cm³/mol. The van der Waals surface area contributed by atoms with Crippen molar-refractivity contribution in [3.05, 3.63) is 72.3 Å². The average molecular weight is 305 g/mol. The van der Waals surface area contributed by atoms with Crippen molar-refractivity contribution in [2.45, 2.75) is 16.6 Å². The number of hydrogen-bond donors (Lipinski definition) is 1. The van der Waals surface area contributed by atoms with E-state index in [0.717, 1.165) is 10.6 Å². The Kier molecular flexibility index (Phi) is 3.35. The van der Waals surface area contributed by atoms with Gasteiger partial charge in [0.15, 0.2) is 0 Å². The van der Waals surface area contributed by atoms with Crippen LogP contribution in [-0.4, -0.2) is 5.91 Å². The molecular weight excluding hydrogens is 290 g/mol. The van der Waals surface area contributed by atoms with Gasteiger partial charge < -0.3 is 5.32 Å². The summed E-state index contributed by atoms with van der Waals surface area (Å²) in [5, 5.41) is 5.60. The van der Waals surface area contributed by atoms with Crippen LogP contribution in [0.1, 0.15) is 17.2 Å². The summed E-state index contributed by atoms with van der Waals surface area (Å²) in [5.41, 5.74) is 2.15. The van der Waals surface area contributed by atoms with Gasteiger partial charge in [-0.1, -0.05) is 54.6 Å². The first kappa shape index (κ1) is 13.4. The molecule has 0 bridgehead atoms. The van der Waals surface area contributed by atoms with Gasteiger partial charge in [-0.3, -0.25) is 4.79 Å². The molecule has 0 aliphatic carbocycles. The Balaban J connectivity index is 1.83. The molecule has 22 heavy (non-hydrogen) atoms. The summed E-state index contributed by atoms with van der Waals surface area (Å²) in [6.45, 7) is 0. The van der Waals surface area contributed by atoms with E-state index in [1.807, 2.05) is 24.3 Å². The van der Waals surface area contributed by atoms with Crippen LogP contribution in [0.5, 0.6) is 0 Å². The fraction of sp³-hybridized carbons (Fsp3) is 0.105. The van der Waals surface area contributed by atoms with Gasteiger partial charge in [-0.2, -0.15) is 0 Å². The van der Waals surface area contributed by atoms with Crippen LogP contribution in [0, 0.1) is 0 Å². The third-order valence-corrected chi connectivity index (χ3v) is 5.29. The van der Waals surface area contributed by atoms with Crippen LogP contribution in [-0.2, 0) is 4.79 Å². The van der Waals surface area contributed by atoms with Gasteiger partial charge in [-0.25, -0.2) is 0 Å². The summed E-state index contributed by atoms with van der Waals surface area (Å²) in [5.74, 6) is 0.0791. The number of fused-ring (bicyclic) bond motifs is 2. The third-order valence-electron chi connectivity index (χ3n) is 3.97. The largest absolute Gasteiger partial charge is 0.325 e. The molecule has 1 aliphatic heterocycles. The summed E-state index contributed by atoms with van der Waals surface area (Å²) >= 11 is 1.77. The molecule has 3 aromatic carbocycles. The number of rotatable bonds is 1. The summed E-state index contributed by atoms with van der Waals surface area (Å²) in [4.78, 5) is 13.4. The molecule has 0 saturated heterocycles. The van der Waals surface area contributed by atoms with Crippen LogP contribution in [0.4, 0.5) is 5.69 Å². The minimum absolute atomic E-state index is 0.0791. The standard InChI is InChI=1S/C19H15NOS/c21-19-12-18(22-17-11-4-3-10-16(17)20-19)15-9-5-7-13-6-1-2-8-14(13)15/h1-11,18H,12H2,(H,20,21)/t18-/m1/s1. The van der Waals surface area contributed by atoms with Crippen LogP contribution in [0.25, 0.3) is 10.8 Å². The quantitative estimate of drug-likeness (QED) is 0.684. The number of nitrogens with one attached hydrogen (secondary N) is 1. The lowest BCUT2D eigenvalue weighted by atomic mass is 10.0. The van der Waals surface area contributed by atoms with E-state index in [1.54, 1.807) is 11.8 Å².